The molecule has 116 valence electrons. The van der Waals surface area contributed by atoms with E-state index in [0.29, 0.717) is 6.54 Å². The molecule has 0 saturated carbocycles. The Bertz CT molecular complexity index is 786. The van der Waals surface area contributed by atoms with Gasteiger partial charge in [0.25, 0.3) is 0 Å². The first-order valence-corrected chi connectivity index (χ1v) is 8.61. The summed E-state index contributed by atoms with van der Waals surface area (Å²) in [5.41, 5.74) is 4.06. The van der Waals surface area contributed by atoms with Crippen molar-refractivity contribution >= 4 is 15.7 Å². The number of sulfonamides is 1. The molecule has 0 amide bonds. The smallest absolute Gasteiger partial charge is 0.238 e. The lowest BCUT2D eigenvalue weighted by molar-refractivity contribution is 0.282. The highest BCUT2D eigenvalue weighted by atomic mass is 32.2. The average molecular weight is 318 g/mol. The maximum Gasteiger partial charge on any atom is 0.238 e. The lowest BCUT2D eigenvalue weighted by atomic mass is 10.1. The molecular formula is C16H18N2O3S. The maximum atomic E-state index is 11.5. The largest absolute Gasteiger partial charge is 0.392 e. The summed E-state index contributed by atoms with van der Waals surface area (Å²) >= 11 is 0. The van der Waals surface area contributed by atoms with E-state index >= 15 is 0 Å². The van der Waals surface area contributed by atoms with Gasteiger partial charge in [-0.1, -0.05) is 30.3 Å². The monoisotopic (exact) mass is 318 g/mol. The summed E-state index contributed by atoms with van der Waals surface area (Å²) in [6, 6.07) is 12.8. The Morgan fingerprint density at radius 3 is 2.41 bits per heavy atom. The molecule has 0 radical (unpaired) electrons. The summed E-state index contributed by atoms with van der Waals surface area (Å²) in [6.45, 7) is 1.59. The molecule has 6 heteroatoms. The van der Waals surface area contributed by atoms with Crippen LogP contribution in [0.15, 0.2) is 47.4 Å². The zero-order valence-corrected chi connectivity index (χ0v) is 12.9. The molecule has 2 aromatic carbocycles. The van der Waals surface area contributed by atoms with Gasteiger partial charge in [0.2, 0.25) is 10.0 Å². The van der Waals surface area contributed by atoms with Crippen molar-refractivity contribution in [2.24, 2.45) is 5.14 Å². The third-order valence-electron chi connectivity index (χ3n) is 3.96. The molecule has 0 aliphatic carbocycles. The van der Waals surface area contributed by atoms with Gasteiger partial charge in [-0.25, -0.2) is 13.6 Å². The highest BCUT2D eigenvalue weighted by Gasteiger charge is 2.21. The topological polar surface area (TPSA) is 83.6 Å². The quantitative estimate of drug-likeness (QED) is 0.892. The van der Waals surface area contributed by atoms with E-state index < -0.39 is 10.0 Å². The third kappa shape index (κ3) is 2.99. The summed E-state index contributed by atoms with van der Waals surface area (Å²) < 4.78 is 23.0. The zero-order chi connectivity index (χ0) is 15.7. The van der Waals surface area contributed by atoms with Crippen molar-refractivity contribution in [1.82, 2.24) is 0 Å². The third-order valence-corrected chi connectivity index (χ3v) is 4.87. The van der Waals surface area contributed by atoms with Crippen molar-refractivity contribution in [1.29, 1.82) is 0 Å². The van der Waals surface area contributed by atoms with Gasteiger partial charge in [0.1, 0.15) is 0 Å². The fourth-order valence-electron chi connectivity index (χ4n) is 2.74. The Kier molecular flexibility index (Phi) is 3.90. The van der Waals surface area contributed by atoms with Crippen LogP contribution in [0.25, 0.3) is 0 Å². The van der Waals surface area contributed by atoms with Crippen LogP contribution in [0.3, 0.4) is 0 Å². The summed E-state index contributed by atoms with van der Waals surface area (Å²) in [4.78, 5) is 2.30. The normalized spacial score (nSPS) is 14.2. The molecule has 2 aromatic rings. The van der Waals surface area contributed by atoms with E-state index in [0.717, 1.165) is 35.3 Å². The summed E-state index contributed by atoms with van der Waals surface area (Å²) in [5, 5.41) is 14.3. The van der Waals surface area contributed by atoms with Crippen LogP contribution < -0.4 is 10.0 Å². The van der Waals surface area contributed by atoms with Crippen LogP contribution in [-0.4, -0.2) is 20.1 Å². The standard InChI is InChI=1S/C16H18N2O3S/c17-22(20,21)15-6-5-14-7-8-18(16(14)9-15)10-12-1-3-13(11-19)4-2-12/h1-6,9,19H,7-8,10-11H2,(H2,17,20,21). The van der Waals surface area contributed by atoms with E-state index in [1.807, 2.05) is 30.3 Å². The predicted octanol–water partition coefficient (Wildman–Crippen LogP) is 1.39. The SMILES string of the molecule is NS(=O)(=O)c1ccc2c(c1)N(Cc1ccc(CO)cc1)CC2. The number of hydrogen-bond donors (Lipinski definition) is 2. The first-order chi connectivity index (χ1) is 10.5. The number of nitrogens with two attached hydrogens (primary N) is 1. The van der Waals surface area contributed by atoms with Crippen LogP contribution >= 0.6 is 0 Å². The molecule has 0 unspecified atom stereocenters. The lowest BCUT2D eigenvalue weighted by Crippen LogP contribution is -2.20. The molecule has 0 aromatic heterocycles. The minimum absolute atomic E-state index is 0.0323. The Morgan fingerprint density at radius 2 is 1.77 bits per heavy atom. The van der Waals surface area contributed by atoms with Gasteiger partial charge in [0, 0.05) is 18.8 Å². The number of rotatable bonds is 4. The second-order valence-corrected chi connectivity index (χ2v) is 7.04. The predicted molar refractivity (Wildman–Crippen MR) is 84.9 cm³/mol. The Morgan fingerprint density at radius 1 is 1.09 bits per heavy atom. The molecule has 0 spiro atoms. The Hall–Kier alpha value is -1.89. The molecule has 0 bridgehead atoms. The molecule has 1 heterocycles. The molecule has 0 atom stereocenters. The molecule has 3 rings (SSSR count). The van der Waals surface area contributed by atoms with Crippen LogP contribution in [0, 0.1) is 0 Å². The summed E-state index contributed by atoms with van der Waals surface area (Å²) in [7, 11) is -3.68. The van der Waals surface area contributed by atoms with Crippen molar-refractivity contribution in [3.8, 4) is 0 Å². The van der Waals surface area contributed by atoms with Crippen LogP contribution in [0.5, 0.6) is 0 Å². The van der Waals surface area contributed by atoms with Crippen molar-refractivity contribution in [2.45, 2.75) is 24.5 Å². The molecule has 0 saturated heterocycles. The molecule has 22 heavy (non-hydrogen) atoms. The first kappa shape index (κ1) is 15.0. The molecule has 0 fully saturated rings. The van der Waals surface area contributed by atoms with Gasteiger partial charge in [-0.2, -0.15) is 0 Å². The van der Waals surface area contributed by atoms with Gasteiger partial charge in [-0.3, -0.25) is 0 Å². The second-order valence-electron chi connectivity index (χ2n) is 5.48. The van der Waals surface area contributed by atoms with Crippen LogP contribution in [0.4, 0.5) is 5.69 Å². The van der Waals surface area contributed by atoms with Gasteiger partial charge < -0.3 is 10.0 Å². The van der Waals surface area contributed by atoms with Gasteiger partial charge >= 0.3 is 0 Å². The van der Waals surface area contributed by atoms with E-state index in [2.05, 4.69) is 4.90 Å². The fraction of sp³-hybridized carbons (Fsp3) is 0.250. The van der Waals surface area contributed by atoms with E-state index in [4.69, 9.17) is 10.2 Å². The number of primary sulfonamides is 1. The minimum Gasteiger partial charge on any atom is -0.392 e. The number of benzene rings is 2. The van der Waals surface area contributed by atoms with E-state index in [9.17, 15) is 8.42 Å². The lowest BCUT2D eigenvalue weighted by Gasteiger charge is -2.20. The van der Waals surface area contributed by atoms with Crippen molar-refractivity contribution < 1.29 is 13.5 Å². The summed E-state index contributed by atoms with van der Waals surface area (Å²) in [6.07, 6.45) is 0.898. The number of aliphatic hydroxyl groups excluding tert-OH is 1. The van der Waals surface area contributed by atoms with Gasteiger partial charge in [0.05, 0.1) is 11.5 Å². The highest BCUT2D eigenvalue weighted by Crippen LogP contribution is 2.31. The van der Waals surface area contributed by atoms with Gasteiger partial charge in [-0.05, 0) is 35.2 Å². The summed E-state index contributed by atoms with van der Waals surface area (Å²) in [5.74, 6) is 0. The van der Waals surface area contributed by atoms with E-state index in [-0.39, 0.29) is 11.5 Å². The van der Waals surface area contributed by atoms with Crippen molar-refractivity contribution in [3.63, 3.8) is 0 Å². The maximum absolute atomic E-state index is 11.5. The molecular weight excluding hydrogens is 300 g/mol. The Labute approximate surface area is 130 Å². The number of fused-ring (bicyclic) bond motifs is 1. The molecule has 5 nitrogen and oxygen atoms in total. The van der Waals surface area contributed by atoms with Crippen molar-refractivity contribution in [3.05, 3.63) is 59.2 Å². The Balaban J connectivity index is 1.86. The fourth-order valence-corrected chi connectivity index (χ4v) is 3.27. The van der Waals surface area contributed by atoms with Crippen LogP contribution in [0.2, 0.25) is 0 Å². The van der Waals surface area contributed by atoms with Crippen molar-refractivity contribution in [2.75, 3.05) is 11.4 Å². The van der Waals surface area contributed by atoms with Gasteiger partial charge in [-0.15, -0.1) is 0 Å². The minimum atomic E-state index is -3.68. The molecule has 1 aliphatic rings. The van der Waals surface area contributed by atoms with Crippen LogP contribution in [0.1, 0.15) is 16.7 Å². The molecule has 3 N–H and O–H groups in total. The number of nitrogens with zero attached hydrogens (tertiary/aromatic N) is 1. The zero-order valence-electron chi connectivity index (χ0n) is 12.1. The number of hydrogen-bond acceptors (Lipinski definition) is 4. The molecule has 1 aliphatic heterocycles. The van der Waals surface area contributed by atoms with E-state index in [1.165, 1.54) is 0 Å². The average Bonchev–Trinajstić information content (AvgIpc) is 2.89. The van der Waals surface area contributed by atoms with Crippen LogP contribution in [-0.2, 0) is 29.6 Å². The second kappa shape index (κ2) is 5.72. The van der Waals surface area contributed by atoms with Gasteiger partial charge in [0.15, 0.2) is 0 Å². The number of aliphatic hydroxyl groups is 1. The van der Waals surface area contributed by atoms with E-state index in [1.54, 1.807) is 12.1 Å². The highest BCUT2D eigenvalue weighted by molar-refractivity contribution is 7.89. The number of anilines is 1. The first-order valence-electron chi connectivity index (χ1n) is 7.07.